The highest BCUT2D eigenvalue weighted by Gasteiger charge is 2.06. The van der Waals surface area contributed by atoms with Gasteiger partial charge in [-0.2, -0.15) is 0 Å². The Morgan fingerprint density at radius 1 is 1.00 bits per heavy atom. The number of alkyl halides is 1. The molecule has 0 N–H and O–H groups in total. The van der Waals surface area contributed by atoms with E-state index in [4.69, 9.17) is 25.8 Å². The van der Waals surface area contributed by atoms with E-state index >= 15 is 0 Å². The molecule has 0 aliphatic rings. The Labute approximate surface area is 120 Å². The van der Waals surface area contributed by atoms with Crippen molar-refractivity contribution in [1.82, 2.24) is 0 Å². The van der Waals surface area contributed by atoms with Crippen LogP contribution in [0.2, 0.25) is 0 Å². The van der Waals surface area contributed by atoms with Gasteiger partial charge in [0.25, 0.3) is 0 Å². The van der Waals surface area contributed by atoms with Gasteiger partial charge in [-0.25, -0.2) is 0 Å². The van der Waals surface area contributed by atoms with E-state index in [9.17, 15) is 0 Å². The van der Waals surface area contributed by atoms with Crippen molar-refractivity contribution in [2.75, 3.05) is 26.4 Å². The lowest BCUT2D eigenvalue weighted by Crippen LogP contribution is -2.08. The normalized spacial score (nSPS) is 10.5. The topological polar surface area (TPSA) is 27.7 Å². The summed E-state index contributed by atoms with van der Waals surface area (Å²) in [6, 6.07) is 5.77. The monoisotopic (exact) mass is 286 g/mol. The summed E-state index contributed by atoms with van der Waals surface area (Å²) >= 11 is 5.81. The quantitative estimate of drug-likeness (QED) is 0.480. The minimum Gasteiger partial charge on any atom is -0.490 e. The van der Waals surface area contributed by atoms with Crippen LogP contribution < -0.4 is 9.47 Å². The van der Waals surface area contributed by atoms with Gasteiger partial charge < -0.3 is 14.2 Å². The third-order valence-electron chi connectivity index (χ3n) is 2.59. The van der Waals surface area contributed by atoms with Crippen LogP contribution in [0, 0.1) is 0 Å². The molecular weight excluding hydrogens is 264 g/mol. The molecule has 0 spiro atoms. The third kappa shape index (κ3) is 6.17. The molecule has 0 aliphatic heterocycles. The maximum absolute atomic E-state index is 5.81. The number of hydrogen-bond acceptors (Lipinski definition) is 3. The van der Waals surface area contributed by atoms with Gasteiger partial charge in [-0.1, -0.05) is 19.4 Å². The van der Waals surface area contributed by atoms with Crippen LogP contribution in [0.3, 0.4) is 0 Å². The Kier molecular flexibility index (Phi) is 8.43. The van der Waals surface area contributed by atoms with Gasteiger partial charge in [0.1, 0.15) is 6.61 Å². The van der Waals surface area contributed by atoms with E-state index < -0.39 is 0 Å². The van der Waals surface area contributed by atoms with Gasteiger partial charge in [0.05, 0.1) is 13.2 Å². The standard InChI is InChI=1S/C15H23ClO3/c1-3-5-8-17-9-10-19-14-7-6-13(12-16)11-15(14)18-4-2/h6-7,11H,3-5,8-10,12H2,1-2H3. The zero-order chi connectivity index (χ0) is 13.9. The largest absolute Gasteiger partial charge is 0.490 e. The van der Waals surface area contributed by atoms with E-state index in [0.29, 0.717) is 25.7 Å². The molecule has 0 radical (unpaired) electrons. The molecule has 19 heavy (non-hydrogen) atoms. The Balaban J connectivity index is 2.43. The summed E-state index contributed by atoms with van der Waals surface area (Å²) in [5.41, 5.74) is 1.02. The van der Waals surface area contributed by atoms with Crippen molar-refractivity contribution in [1.29, 1.82) is 0 Å². The van der Waals surface area contributed by atoms with Crippen molar-refractivity contribution < 1.29 is 14.2 Å². The van der Waals surface area contributed by atoms with Gasteiger partial charge in [-0.05, 0) is 31.0 Å². The van der Waals surface area contributed by atoms with Crippen LogP contribution in [0.15, 0.2) is 18.2 Å². The van der Waals surface area contributed by atoms with Crippen LogP contribution in [0.5, 0.6) is 11.5 Å². The van der Waals surface area contributed by atoms with E-state index in [1.54, 1.807) is 0 Å². The van der Waals surface area contributed by atoms with Crippen molar-refractivity contribution in [3.63, 3.8) is 0 Å². The molecular formula is C15H23ClO3. The van der Waals surface area contributed by atoms with Crippen molar-refractivity contribution in [3.05, 3.63) is 23.8 Å². The van der Waals surface area contributed by atoms with E-state index in [0.717, 1.165) is 36.5 Å². The molecule has 0 atom stereocenters. The molecule has 0 amide bonds. The molecule has 0 bridgehead atoms. The fourth-order valence-electron chi connectivity index (χ4n) is 1.58. The number of hydrogen-bond donors (Lipinski definition) is 0. The Morgan fingerprint density at radius 3 is 2.53 bits per heavy atom. The molecule has 0 aromatic heterocycles. The Morgan fingerprint density at radius 2 is 1.84 bits per heavy atom. The molecule has 0 saturated carbocycles. The van der Waals surface area contributed by atoms with Crippen molar-refractivity contribution >= 4 is 11.6 Å². The molecule has 0 unspecified atom stereocenters. The van der Waals surface area contributed by atoms with Crippen LogP contribution >= 0.6 is 11.6 Å². The van der Waals surface area contributed by atoms with Gasteiger partial charge >= 0.3 is 0 Å². The zero-order valence-electron chi connectivity index (χ0n) is 11.8. The first kappa shape index (κ1) is 16.1. The first-order chi connectivity index (χ1) is 9.31. The number of unbranched alkanes of at least 4 members (excludes halogenated alkanes) is 1. The summed E-state index contributed by atoms with van der Waals surface area (Å²) < 4.78 is 16.7. The van der Waals surface area contributed by atoms with Gasteiger partial charge in [-0.3, -0.25) is 0 Å². The van der Waals surface area contributed by atoms with Crippen LogP contribution in [0.4, 0.5) is 0 Å². The van der Waals surface area contributed by atoms with Crippen LogP contribution in [0.1, 0.15) is 32.3 Å². The lowest BCUT2D eigenvalue weighted by Gasteiger charge is -2.13. The second kappa shape index (κ2) is 9.93. The predicted octanol–water partition coefficient (Wildman–Crippen LogP) is 4.02. The van der Waals surface area contributed by atoms with E-state index in [-0.39, 0.29) is 0 Å². The highest BCUT2D eigenvalue weighted by Crippen LogP contribution is 2.29. The highest BCUT2D eigenvalue weighted by atomic mass is 35.5. The molecule has 0 aliphatic carbocycles. The highest BCUT2D eigenvalue weighted by molar-refractivity contribution is 6.17. The number of ether oxygens (including phenoxy) is 3. The molecule has 108 valence electrons. The van der Waals surface area contributed by atoms with E-state index in [2.05, 4.69) is 6.92 Å². The maximum atomic E-state index is 5.81. The van der Waals surface area contributed by atoms with Crippen molar-refractivity contribution in [3.8, 4) is 11.5 Å². The maximum Gasteiger partial charge on any atom is 0.161 e. The third-order valence-corrected chi connectivity index (χ3v) is 2.90. The second-order valence-corrected chi connectivity index (χ2v) is 4.43. The zero-order valence-corrected chi connectivity index (χ0v) is 12.5. The van der Waals surface area contributed by atoms with Gasteiger partial charge in [0, 0.05) is 12.5 Å². The molecule has 4 heteroatoms. The van der Waals surface area contributed by atoms with Crippen molar-refractivity contribution in [2.45, 2.75) is 32.6 Å². The smallest absolute Gasteiger partial charge is 0.161 e. The second-order valence-electron chi connectivity index (χ2n) is 4.16. The molecule has 0 heterocycles. The van der Waals surface area contributed by atoms with Crippen molar-refractivity contribution in [2.24, 2.45) is 0 Å². The van der Waals surface area contributed by atoms with E-state index in [1.165, 1.54) is 0 Å². The molecule has 3 nitrogen and oxygen atoms in total. The summed E-state index contributed by atoms with van der Waals surface area (Å²) in [5, 5.41) is 0. The molecule has 1 aromatic carbocycles. The molecule has 0 saturated heterocycles. The summed E-state index contributed by atoms with van der Waals surface area (Å²) in [6.45, 7) is 6.63. The minimum atomic E-state index is 0.473. The lowest BCUT2D eigenvalue weighted by atomic mass is 10.2. The van der Waals surface area contributed by atoms with Gasteiger partial charge in [-0.15, -0.1) is 11.6 Å². The fraction of sp³-hybridized carbons (Fsp3) is 0.600. The predicted molar refractivity (Wildman–Crippen MR) is 78.4 cm³/mol. The molecule has 1 aromatic rings. The summed E-state index contributed by atoms with van der Waals surface area (Å²) in [4.78, 5) is 0. The van der Waals surface area contributed by atoms with Gasteiger partial charge in [0.15, 0.2) is 11.5 Å². The summed E-state index contributed by atoms with van der Waals surface area (Å²) in [5.74, 6) is 1.96. The summed E-state index contributed by atoms with van der Waals surface area (Å²) in [6.07, 6.45) is 2.24. The Bertz CT molecular complexity index is 355. The minimum absolute atomic E-state index is 0.473. The van der Waals surface area contributed by atoms with Crippen LogP contribution in [-0.4, -0.2) is 26.4 Å². The number of rotatable bonds is 10. The Hall–Kier alpha value is -0.930. The average molecular weight is 287 g/mol. The first-order valence-electron chi connectivity index (χ1n) is 6.84. The first-order valence-corrected chi connectivity index (χ1v) is 7.37. The average Bonchev–Trinajstić information content (AvgIpc) is 2.44. The number of halogens is 1. The molecule has 0 fully saturated rings. The van der Waals surface area contributed by atoms with E-state index in [1.807, 2.05) is 25.1 Å². The van der Waals surface area contributed by atoms with Crippen LogP contribution in [0.25, 0.3) is 0 Å². The summed E-state index contributed by atoms with van der Waals surface area (Å²) in [7, 11) is 0. The van der Waals surface area contributed by atoms with Gasteiger partial charge in [0.2, 0.25) is 0 Å². The number of benzene rings is 1. The SMILES string of the molecule is CCCCOCCOc1ccc(CCl)cc1OCC. The molecule has 1 rings (SSSR count). The lowest BCUT2D eigenvalue weighted by molar-refractivity contribution is 0.0967. The van der Waals surface area contributed by atoms with Crippen LogP contribution in [-0.2, 0) is 10.6 Å². The fourth-order valence-corrected chi connectivity index (χ4v) is 1.75.